The van der Waals surface area contributed by atoms with E-state index in [1.807, 2.05) is 0 Å². The van der Waals surface area contributed by atoms with Crippen molar-refractivity contribution in [1.29, 1.82) is 0 Å². The zero-order valence-corrected chi connectivity index (χ0v) is 8.35. The second-order valence-electron chi connectivity index (χ2n) is 3.38. The number of rotatable bonds is 1. The molecule has 17 heavy (non-hydrogen) atoms. The summed E-state index contributed by atoms with van der Waals surface area (Å²) >= 11 is 0. The monoisotopic (exact) mass is 242 g/mol. The summed E-state index contributed by atoms with van der Waals surface area (Å²) in [5.41, 5.74) is -0.637. The van der Waals surface area contributed by atoms with E-state index < -0.39 is 34.6 Å². The Kier molecular flexibility index (Phi) is 2.75. The Labute approximate surface area is 93.9 Å². The molecular formula is C12H6F4O. The number of hydrogen-bond acceptors (Lipinski definition) is 1. The molecule has 0 unspecified atom stereocenters. The van der Waals surface area contributed by atoms with Gasteiger partial charge in [-0.3, -0.25) is 0 Å². The van der Waals surface area contributed by atoms with Gasteiger partial charge in [-0.1, -0.05) is 0 Å². The van der Waals surface area contributed by atoms with Crippen molar-refractivity contribution in [2.75, 3.05) is 0 Å². The van der Waals surface area contributed by atoms with E-state index in [9.17, 15) is 22.7 Å². The van der Waals surface area contributed by atoms with Crippen molar-refractivity contribution in [2.24, 2.45) is 0 Å². The van der Waals surface area contributed by atoms with Gasteiger partial charge in [-0.15, -0.1) is 0 Å². The molecule has 2 rings (SSSR count). The van der Waals surface area contributed by atoms with Crippen molar-refractivity contribution in [2.45, 2.75) is 0 Å². The van der Waals surface area contributed by atoms with Crippen LogP contribution in [0.25, 0.3) is 11.1 Å². The van der Waals surface area contributed by atoms with Gasteiger partial charge in [0, 0.05) is 11.1 Å². The van der Waals surface area contributed by atoms with Gasteiger partial charge in [0.15, 0.2) is 17.5 Å². The van der Waals surface area contributed by atoms with Crippen LogP contribution in [0.1, 0.15) is 0 Å². The van der Waals surface area contributed by atoms with Crippen LogP contribution in [0, 0.1) is 23.3 Å². The Balaban J connectivity index is 2.69. The number of halogens is 4. The molecule has 0 spiro atoms. The standard InChI is InChI=1S/C12H6F4O/c13-6-1-4-10(17)8(5-6)7-2-3-9(14)12(16)11(7)15/h1-5,17H. The molecule has 0 radical (unpaired) electrons. The molecule has 0 amide bonds. The summed E-state index contributed by atoms with van der Waals surface area (Å²) in [5.74, 6) is -5.61. The Morgan fingerprint density at radius 2 is 1.47 bits per heavy atom. The molecule has 0 aliphatic carbocycles. The van der Waals surface area contributed by atoms with Crippen LogP contribution in [0.4, 0.5) is 17.6 Å². The summed E-state index contributed by atoms with van der Waals surface area (Å²) in [6, 6.07) is 4.45. The van der Waals surface area contributed by atoms with Crippen molar-refractivity contribution in [3.8, 4) is 16.9 Å². The van der Waals surface area contributed by atoms with Crippen LogP contribution in [-0.2, 0) is 0 Å². The zero-order chi connectivity index (χ0) is 12.6. The molecule has 1 N–H and O–H groups in total. The SMILES string of the molecule is Oc1ccc(F)cc1-c1ccc(F)c(F)c1F. The van der Waals surface area contributed by atoms with Crippen LogP contribution in [0.2, 0.25) is 0 Å². The van der Waals surface area contributed by atoms with Gasteiger partial charge in [-0.05, 0) is 30.3 Å². The third-order valence-electron chi connectivity index (χ3n) is 2.28. The minimum atomic E-state index is -1.66. The fourth-order valence-electron chi connectivity index (χ4n) is 1.46. The highest BCUT2D eigenvalue weighted by atomic mass is 19.2. The molecule has 0 aliphatic rings. The van der Waals surface area contributed by atoms with Crippen LogP contribution < -0.4 is 0 Å². The van der Waals surface area contributed by atoms with Crippen molar-refractivity contribution in [1.82, 2.24) is 0 Å². The van der Waals surface area contributed by atoms with Crippen LogP contribution >= 0.6 is 0 Å². The maximum absolute atomic E-state index is 13.4. The summed E-state index contributed by atoms with van der Waals surface area (Å²) in [6.45, 7) is 0. The number of phenolic OH excluding ortho intramolecular Hbond substituents is 1. The minimum Gasteiger partial charge on any atom is -0.507 e. The summed E-state index contributed by atoms with van der Waals surface area (Å²) in [7, 11) is 0. The molecule has 0 bridgehead atoms. The first-order chi connectivity index (χ1) is 8.00. The maximum Gasteiger partial charge on any atom is 0.195 e. The Hall–Kier alpha value is -2.04. The van der Waals surface area contributed by atoms with E-state index >= 15 is 0 Å². The minimum absolute atomic E-state index is 0.235. The highest BCUT2D eigenvalue weighted by Gasteiger charge is 2.17. The Morgan fingerprint density at radius 1 is 0.765 bits per heavy atom. The molecule has 0 saturated heterocycles. The van der Waals surface area contributed by atoms with Crippen molar-refractivity contribution in [3.05, 3.63) is 53.6 Å². The first kappa shape index (κ1) is 11.4. The van der Waals surface area contributed by atoms with Crippen LogP contribution in [0.15, 0.2) is 30.3 Å². The van der Waals surface area contributed by atoms with E-state index in [0.717, 1.165) is 24.3 Å². The number of phenols is 1. The molecule has 0 atom stereocenters. The molecule has 0 aromatic heterocycles. The molecule has 0 saturated carbocycles. The lowest BCUT2D eigenvalue weighted by Crippen LogP contribution is -1.94. The lowest BCUT2D eigenvalue weighted by Gasteiger charge is -2.07. The quantitative estimate of drug-likeness (QED) is 0.598. The van der Waals surface area contributed by atoms with Gasteiger partial charge in [0.25, 0.3) is 0 Å². The van der Waals surface area contributed by atoms with Gasteiger partial charge >= 0.3 is 0 Å². The van der Waals surface area contributed by atoms with E-state index in [-0.39, 0.29) is 5.56 Å². The van der Waals surface area contributed by atoms with E-state index in [0.29, 0.717) is 6.07 Å². The summed E-state index contributed by atoms with van der Waals surface area (Å²) < 4.78 is 52.0. The zero-order valence-electron chi connectivity index (χ0n) is 8.35. The first-order valence-corrected chi connectivity index (χ1v) is 4.63. The predicted octanol–water partition coefficient (Wildman–Crippen LogP) is 3.62. The fourth-order valence-corrected chi connectivity index (χ4v) is 1.46. The third kappa shape index (κ3) is 1.95. The highest BCUT2D eigenvalue weighted by Crippen LogP contribution is 2.32. The highest BCUT2D eigenvalue weighted by molar-refractivity contribution is 5.70. The maximum atomic E-state index is 13.4. The van der Waals surface area contributed by atoms with Crippen molar-refractivity contribution in [3.63, 3.8) is 0 Å². The molecule has 0 fully saturated rings. The van der Waals surface area contributed by atoms with Crippen LogP contribution in [0.3, 0.4) is 0 Å². The molecule has 5 heteroatoms. The molecule has 0 heterocycles. The van der Waals surface area contributed by atoms with Crippen molar-refractivity contribution >= 4 is 0 Å². The molecular weight excluding hydrogens is 236 g/mol. The topological polar surface area (TPSA) is 20.2 Å². The lowest BCUT2D eigenvalue weighted by molar-refractivity contribution is 0.447. The van der Waals surface area contributed by atoms with Gasteiger partial charge in [-0.25, -0.2) is 17.6 Å². The fraction of sp³-hybridized carbons (Fsp3) is 0. The molecule has 2 aromatic carbocycles. The number of benzene rings is 2. The molecule has 0 aliphatic heterocycles. The second-order valence-corrected chi connectivity index (χ2v) is 3.38. The molecule has 1 nitrogen and oxygen atoms in total. The van der Waals surface area contributed by atoms with E-state index in [4.69, 9.17) is 0 Å². The van der Waals surface area contributed by atoms with Gasteiger partial charge in [-0.2, -0.15) is 0 Å². The Morgan fingerprint density at radius 3 is 2.18 bits per heavy atom. The van der Waals surface area contributed by atoms with Crippen LogP contribution in [0.5, 0.6) is 5.75 Å². The molecule has 88 valence electrons. The number of hydrogen-bond donors (Lipinski definition) is 1. The summed E-state index contributed by atoms with van der Waals surface area (Å²) in [4.78, 5) is 0. The normalized spacial score (nSPS) is 10.6. The predicted molar refractivity (Wildman–Crippen MR) is 53.4 cm³/mol. The summed E-state index contributed by atoms with van der Waals surface area (Å²) in [6.07, 6.45) is 0. The van der Waals surface area contributed by atoms with Gasteiger partial charge in [0.1, 0.15) is 11.6 Å². The van der Waals surface area contributed by atoms with Gasteiger partial charge in [0.2, 0.25) is 0 Å². The molecule has 2 aromatic rings. The largest absolute Gasteiger partial charge is 0.507 e. The van der Waals surface area contributed by atoms with Crippen LogP contribution in [-0.4, -0.2) is 5.11 Å². The Bertz CT molecular complexity index is 581. The average molecular weight is 242 g/mol. The first-order valence-electron chi connectivity index (χ1n) is 4.63. The number of aromatic hydroxyl groups is 1. The van der Waals surface area contributed by atoms with Crippen molar-refractivity contribution < 1.29 is 22.7 Å². The summed E-state index contributed by atoms with van der Waals surface area (Å²) in [5, 5.41) is 9.42. The smallest absolute Gasteiger partial charge is 0.195 e. The third-order valence-corrected chi connectivity index (χ3v) is 2.28. The van der Waals surface area contributed by atoms with E-state index in [1.165, 1.54) is 0 Å². The van der Waals surface area contributed by atoms with Gasteiger partial charge < -0.3 is 5.11 Å². The lowest BCUT2D eigenvalue weighted by atomic mass is 10.0. The average Bonchev–Trinajstić information content (AvgIpc) is 2.30. The van der Waals surface area contributed by atoms with E-state index in [1.54, 1.807) is 0 Å². The second kappa shape index (κ2) is 4.08. The van der Waals surface area contributed by atoms with E-state index in [2.05, 4.69) is 0 Å². The van der Waals surface area contributed by atoms with Gasteiger partial charge in [0.05, 0.1) is 0 Å².